The van der Waals surface area contributed by atoms with Gasteiger partial charge in [-0.1, -0.05) is 0 Å². The Bertz CT molecular complexity index is 928. The second-order valence-corrected chi connectivity index (χ2v) is 6.08. The van der Waals surface area contributed by atoms with Crippen LogP contribution in [-0.2, 0) is 0 Å². The third-order valence-corrected chi connectivity index (χ3v) is 4.35. The predicted octanol–water partition coefficient (Wildman–Crippen LogP) is 2.21. The smallest absolute Gasteiger partial charge is 0.229 e. The quantitative estimate of drug-likeness (QED) is 0.759. The Balaban J connectivity index is 1.41. The van der Waals surface area contributed by atoms with Crippen molar-refractivity contribution in [2.24, 2.45) is 0 Å². The van der Waals surface area contributed by atoms with Gasteiger partial charge in [0.25, 0.3) is 0 Å². The van der Waals surface area contributed by atoms with Gasteiger partial charge in [0.1, 0.15) is 5.82 Å². The second-order valence-electron chi connectivity index (χ2n) is 6.08. The van der Waals surface area contributed by atoms with Crippen LogP contribution in [0.4, 0.5) is 23.4 Å². The van der Waals surface area contributed by atoms with Crippen molar-refractivity contribution >= 4 is 23.4 Å². The van der Waals surface area contributed by atoms with E-state index in [4.69, 9.17) is 5.26 Å². The highest BCUT2D eigenvalue weighted by Crippen LogP contribution is 2.19. The summed E-state index contributed by atoms with van der Waals surface area (Å²) in [4.78, 5) is 21.9. The highest BCUT2D eigenvalue weighted by atomic mass is 15.3. The number of aromatic nitrogens is 4. The molecule has 4 rings (SSSR count). The molecule has 0 atom stereocenters. The van der Waals surface area contributed by atoms with Gasteiger partial charge in [-0.25, -0.2) is 15.0 Å². The molecule has 8 heteroatoms. The molecular weight excluding hydrogens is 340 g/mol. The van der Waals surface area contributed by atoms with E-state index >= 15 is 0 Å². The Morgan fingerprint density at radius 3 is 2.26 bits per heavy atom. The molecule has 3 aromatic rings. The summed E-state index contributed by atoms with van der Waals surface area (Å²) in [5.74, 6) is 2.18. The van der Waals surface area contributed by atoms with Gasteiger partial charge in [0, 0.05) is 50.5 Å². The van der Waals surface area contributed by atoms with Crippen molar-refractivity contribution in [3.05, 3.63) is 60.6 Å². The van der Waals surface area contributed by atoms with E-state index in [-0.39, 0.29) is 0 Å². The van der Waals surface area contributed by atoms with E-state index in [1.165, 1.54) is 0 Å². The van der Waals surface area contributed by atoms with Gasteiger partial charge < -0.3 is 15.1 Å². The van der Waals surface area contributed by atoms with Gasteiger partial charge >= 0.3 is 0 Å². The molecule has 0 amide bonds. The fraction of sp³-hybridized carbons (Fsp3) is 0.211. The average Bonchev–Trinajstić information content (AvgIpc) is 2.75. The molecule has 1 aromatic carbocycles. The van der Waals surface area contributed by atoms with Crippen LogP contribution in [0, 0.1) is 11.3 Å². The van der Waals surface area contributed by atoms with Crippen LogP contribution in [0.1, 0.15) is 5.56 Å². The second kappa shape index (κ2) is 7.66. The molecule has 0 bridgehead atoms. The zero-order chi connectivity index (χ0) is 18.5. The van der Waals surface area contributed by atoms with E-state index in [0.29, 0.717) is 11.5 Å². The van der Waals surface area contributed by atoms with Crippen molar-refractivity contribution in [2.75, 3.05) is 41.3 Å². The van der Waals surface area contributed by atoms with E-state index < -0.39 is 0 Å². The summed E-state index contributed by atoms with van der Waals surface area (Å²) >= 11 is 0. The van der Waals surface area contributed by atoms with E-state index in [0.717, 1.165) is 43.6 Å². The average molecular weight is 358 g/mol. The van der Waals surface area contributed by atoms with Gasteiger partial charge in [-0.3, -0.25) is 0 Å². The molecule has 0 spiro atoms. The van der Waals surface area contributed by atoms with E-state index in [9.17, 15) is 0 Å². The van der Waals surface area contributed by atoms with Crippen molar-refractivity contribution in [1.29, 1.82) is 5.26 Å². The molecule has 8 nitrogen and oxygen atoms in total. The van der Waals surface area contributed by atoms with Gasteiger partial charge in [0.2, 0.25) is 11.9 Å². The lowest BCUT2D eigenvalue weighted by molar-refractivity contribution is 0.634. The van der Waals surface area contributed by atoms with E-state index in [2.05, 4.69) is 41.1 Å². The van der Waals surface area contributed by atoms with Gasteiger partial charge in [0.05, 0.1) is 11.6 Å². The number of hydrogen-bond donors (Lipinski definition) is 1. The standard InChI is InChI=1S/C19H18N8/c20-14-15-2-4-16(5-3-15)24-18-21-9-6-17(25-18)26-10-12-27(13-11-26)19-22-7-1-8-23-19/h1-9H,10-13H2,(H,21,24,25). The summed E-state index contributed by atoms with van der Waals surface area (Å²) in [5, 5.41) is 12.1. The first-order valence-electron chi connectivity index (χ1n) is 8.69. The third-order valence-electron chi connectivity index (χ3n) is 4.35. The maximum Gasteiger partial charge on any atom is 0.229 e. The number of nitrogens with zero attached hydrogens (tertiary/aromatic N) is 7. The van der Waals surface area contributed by atoms with Gasteiger partial charge in [-0.2, -0.15) is 10.2 Å². The molecule has 1 aliphatic heterocycles. The van der Waals surface area contributed by atoms with Crippen molar-refractivity contribution in [3.63, 3.8) is 0 Å². The molecule has 0 saturated carbocycles. The molecule has 134 valence electrons. The molecule has 1 aliphatic rings. The SMILES string of the molecule is N#Cc1ccc(Nc2nccc(N3CCN(c4ncccn4)CC3)n2)cc1. The number of benzene rings is 1. The van der Waals surface area contributed by atoms with Crippen LogP contribution in [0.3, 0.4) is 0 Å². The molecule has 1 N–H and O–H groups in total. The summed E-state index contributed by atoms with van der Waals surface area (Å²) in [6.45, 7) is 3.36. The normalized spacial score (nSPS) is 13.9. The first-order chi connectivity index (χ1) is 13.3. The fourth-order valence-corrected chi connectivity index (χ4v) is 2.93. The van der Waals surface area contributed by atoms with Crippen molar-refractivity contribution in [3.8, 4) is 6.07 Å². The Hall–Kier alpha value is -3.73. The minimum absolute atomic E-state index is 0.533. The number of anilines is 4. The van der Waals surface area contributed by atoms with Crippen LogP contribution in [0.5, 0.6) is 0 Å². The van der Waals surface area contributed by atoms with Crippen LogP contribution in [0.15, 0.2) is 55.0 Å². The minimum Gasteiger partial charge on any atom is -0.353 e. The monoisotopic (exact) mass is 358 g/mol. The summed E-state index contributed by atoms with van der Waals surface area (Å²) in [6, 6.07) is 13.0. The Morgan fingerprint density at radius 1 is 0.852 bits per heavy atom. The van der Waals surface area contributed by atoms with E-state index in [1.54, 1.807) is 30.7 Å². The highest BCUT2D eigenvalue weighted by molar-refractivity contribution is 5.56. The first kappa shape index (κ1) is 16.7. The zero-order valence-electron chi connectivity index (χ0n) is 14.7. The number of nitriles is 1. The van der Waals surface area contributed by atoms with E-state index in [1.807, 2.05) is 24.3 Å². The largest absolute Gasteiger partial charge is 0.353 e. The highest BCUT2D eigenvalue weighted by Gasteiger charge is 2.20. The fourth-order valence-electron chi connectivity index (χ4n) is 2.93. The number of hydrogen-bond acceptors (Lipinski definition) is 8. The Morgan fingerprint density at radius 2 is 1.56 bits per heavy atom. The molecule has 0 radical (unpaired) electrons. The van der Waals surface area contributed by atoms with Gasteiger partial charge in [-0.05, 0) is 36.4 Å². The van der Waals surface area contributed by atoms with Crippen LogP contribution in [-0.4, -0.2) is 46.1 Å². The predicted molar refractivity (Wildman–Crippen MR) is 103 cm³/mol. The third kappa shape index (κ3) is 3.93. The maximum absolute atomic E-state index is 8.88. The first-order valence-corrected chi connectivity index (χ1v) is 8.69. The molecule has 27 heavy (non-hydrogen) atoms. The van der Waals surface area contributed by atoms with Crippen molar-refractivity contribution < 1.29 is 0 Å². The summed E-state index contributed by atoms with van der Waals surface area (Å²) < 4.78 is 0. The molecule has 2 aromatic heterocycles. The summed E-state index contributed by atoms with van der Waals surface area (Å²) in [6.07, 6.45) is 5.28. The van der Waals surface area contributed by atoms with Gasteiger partial charge in [0.15, 0.2) is 0 Å². The molecular formula is C19H18N8. The van der Waals surface area contributed by atoms with Crippen molar-refractivity contribution in [2.45, 2.75) is 0 Å². The molecule has 1 fully saturated rings. The Labute approximate surface area is 157 Å². The lowest BCUT2D eigenvalue weighted by Gasteiger charge is -2.35. The lowest BCUT2D eigenvalue weighted by Crippen LogP contribution is -2.47. The van der Waals surface area contributed by atoms with Gasteiger partial charge in [-0.15, -0.1) is 0 Å². The maximum atomic E-state index is 8.88. The lowest BCUT2D eigenvalue weighted by atomic mass is 10.2. The van der Waals surface area contributed by atoms with Crippen molar-refractivity contribution in [1.82, 2.24) is 19.9 Å². The number of rotatable bonds is 4. The number of piperazine rings is 1. The van der Waals surface area contributed by atoms with Crippen LogP contribution < -0.4 is 15.1 Å². The summed E-state index contributed by atoms with van der Waals surface area (Å²) in [7, 11) is 0. The van der Waals surface area contributed by atoms with Crippen LogP contribution in [0.2, 0.25) is 0 Å². The topological polar surface area (TPSA) is 93.9 Å². The van der Waals surface area contributed by atoms with Crippen LogP contribution in [0.25, 0.3) is 0 Å². The molecule has 3 heterocycles. The number of nitrogens with one attached hydrogen (secondary N) is 1. The van der Waals surface area contributed by atoms with Crippen LogP contribution >= 0.6 is 0 Å². The zero-order valence-corrected chi connectivity index (χ0v) is 14.7. The molecule has 0 unspecified atom stereocenters. The Kier molecular flexibility index (Phi) is 4.74. The molecule has 1 saturated heterocycles. The summed E-state index contributed by atoms with van der Waals surface area (Å²) in [5.41, 5.74) is 1.47. The minimum atomic E-state index is 0.533. The molecule has 0 aliphatic carbocycles.